The summed E-state index contributed by atoms with van der Waals surface area (Å²) < 4.78 is 12.5. The van der Waals surface area contributed by atoms with Gasteiger partial charge in [0.05, 0.1) is 29.3 Å². The number of carbonyl (C=O) groups is 3. The van der Waals surface area contributed by atoms with Crippen LogP contribution in [0.5, 0.6) is 5.75 Å². The molecule has 2 N–H and O–H groups in total. The van der Waals surface area contributed by atoms with Crippen LogP contribution in [0.15, 0.2) is 28.7 Å². The van der Waals surface area contributed by atoms with Crippen LogP contribution in [0.25, 0.3) is 0 Å². The van der Waals surface area contributed by atoms with Crippen LogP contribution in [0.3, 0.4) is 0 Å². The fourth-order valence-corrected chi connectivity index (χ4v) is 5.27. The number of nitrogens with zero attached hydrogens (tertiary/aromatic N) is 2. The lowest BCUT2D eigenvalue weighted by Crippen LogP contribution is -2.33. The number of esters is 1. The molecule has 2 aliphatic rings. The summed E-state index contributed by atoms with van der Waals surface area (Å²) in [6, 6.07) is 2.99. The number of amides is 2. The molecule has 0 atom stereocenters. The molecule has 1 saturated heterocycles. The molecule has 4 rings (SSSR count). The van der Waals surface area contributed by atoms with Crippen LogP contribution >= 0.6 is 22.9 Å². The van der Waals surface area contributed by atoms with E-state index in [0.717, 1.165) is 51.6 Å². The van der Waals surface area contributed by atoms with Crippen molar-refractivity contribution in [3.63, 3.8) is 0 Å². The average Bonchev–Trinajstić information content (AvgIpc) is 3.56. The molecule has 9 nitrogen and oxygen atoms in total. The van der Waals surface area contributed by atoms with Gasteiger partial charge in [0.1, 0.15) is 5.75 Å². The van der Waals surface area contributed by atoms with Gasteiger partial charge in [-0.3, -0.25) is 19.0 Å². The monoisotopic (exact) mass is 520 g/mol. The van der Waals surface area contributed by atoms with E-state index in [-0.39, 0.29) is 46.8 Å². The van der Waals surface area contributed by atoms with E-state index >= 15 is 0 Å². The van der Waals surface area contributed by atoms with Crippen molar-refractivity contribution in [2.45, 2.75) is 45.3 Å². The largest absolute Gasteiger partial charge is 0.496 e. The maximum atomic E-state index is 13.0. The second-order valence-corrected chi connectivity index (χ2v) is 9.97. The predicted octanol–water partition coefficient (Wildman–Crippen LogP) is 3.58. The fourth-order valence-electron chi connectivity index (χ4n) is 4.35. The minimum Gasteiger partial charge on any atom is -0.496 e. The van der Waals surface area contributed by atoms with Gasteiger partial charge in [-0.1, -0.05) is 24.4 Å². The average molecular weight is 521 g/mol. The third-order valence-corrected chi connectivity index (χ3v) is 7.49. The van der Waals surface area contributed by atoms with Gasteiger partial charge in [0.15, 0.2) is 11.5 Å². The SMILES string of the molecule is COc1cc(NC(=O)C2CCCC2)c(Cl)cc1C(=O)/N=c1\sccn1COC(=O)C1CCNCC1. The summed E-state index contributed by atoms with van der Waals surface area (Å²) in [7, 11) is 1.44. The smallest absolute Gasteiger partial charge is 0.310 e. The maximum absolute atomic E-state index is 13.0. The molecule has 0 bridgehead atoms. The number of piperidine rings is 1. The van der Waals surface area contributed by atoms with Crippen molar-refractivity contribution < 1.29 is 23.9 Å². The molecule has 35 heavy (non-hydrogen) atoms. The van der Waals surface area contributed by atoms with E-state index in [1.54, 1.807) is 22.2 Å². The number of benzene rings is 1. The summed E-state index contributed by atoms with van der Waals surface area (Å²) >= 11 is 7.64. The number of methoxy groups -OCH3 is 1. The number of aromatic nitrogens is 1. The number of thiazole rings is 1. The van der Waals surface area contributed by atoms with Crippen molar-refractivity contribution in [1.29, 1.82) is 0 Å². The summed E-state index contributed by atoms with van der Waals surface area (Å²) in [5.74, 6) is -0.758. The topological polar surface area (TPSA) is 111 Å². The molecule has 1 aromatic carbocycles. The van der Waals surface area contributed by atoms with Crippen LogP contribution in [-0.4, -0.2) is 42.6 Å². The number of hydrogen-bond acceptors (Lipinski definition) is 7. The normalized spacial score (nSPS) is 17.4. The van der Waals surface area contributed by atoms with Crippen molar-refractivity contribution in [1.82, 2.24) is 9.88 Å². The molecule has 1 aliphatic heterocycles. The Bertz CT molecular complexity index is 1150. The molecular weight excluding hydrogens is 492 g/mol. The van der Waals surface area contributed by atoms with Crippen LogP contribution in [0.4, 0.5) is 5.69 Å². The van der Waals surface area contributed by atoms with Gasteiger partial charge in [-0.05, 0) is 44.8 Å². The Balaban J connectivity index is 1.47. The Morgan fingerprint density at radius 3 is 2.63 bits per heavy atom. The Labute approximate surface area is 212 Å². The molecule has 0 unspecified atom stereocenters. The van der Waals surface area contributed by atoms with Crippen LogP contribution < -0.4 is 20.2 Å². The van der Waals surface area contributed by atoms with E-state index in [4.69, 9.17) is 21.1 Å². The van der Waals surface area contributed by atoms with Gasteiger partial charge in [-0.15, -0.1) is 11.3 Å². The lowest BCUT2D eigenvalue weighted by molar-refractivity contribution is -0.153. The van der Waals surface area contributed by atoms with Crippen LogP contribution in [-0.2, 0) is 21.1 Å². The Hall–Kier alpha value is -2.69. The zero-order valence-electron chi connectivity index (χ0n) is 19.5. The van der Waals surface area contributed by atoms with E-state index in [1.807, 2.05) is 0 Å². The number of nitrogens with one attached hydrogen (secondary N) is 2. The first-order valence-corrected chi connectivity index (χ1v) is 13.0. The maximum Gasteiger partial charge on any atom is 0.310 e. The molecule has 1 aromatic heterocycles. The first-order valence-electron chi connectivity index (χ1n) is 11.7. The summed E-state index contributed by atoms with van der Waals surface area (Å²) in [4.78, 5) is 42.4. The molecular formula is C24H29ClN4O5S. The Morgan fingerprint density at radius 2 is 1.91 bits per heavy atom. The number of halogens is 1. The molecule has 1 saturated carbocycles. The zero-order chi connectivity index (χ0) is 24.8. The van der Waals surface area contributed by atoms with Crippen LogP contribution in [0.1, 0.15) is 48.9 Å². The molecule has 188 valence electrons. The number of carbonyl (C=O) groups excluding carboxylic acids is 3. The third kappa shape index (κ3) is 6.31. The first-order chi connectivity index (χ1) is 17.0. The Kier molecular flexibility index (Phi) is 8.59. The molecule has 0 radical (unpaired) electrons. The van der Waals surface area contributed by atoms with Gasteiger partial charge >= 0.3 is 5.97 Å². The van der Waals surface area contributed by atoms with Crippen molar-refractivity contribution in [3.8, 4) is 5.75 Å². The number of ether oxygens (including phenoxy) is 2. The third-order valence-electron chi connectivity index (χ3n) is 6.38. The standard InChI is InChI=1S/C24H29ClN4O5S/c1-33-20-13-19(27-21(30)15-4-2-3-5-15)18(25)12-17(20)22(31)28-24-29(10-11-35-24)14-34-23(32)16-6-8-26-9-7-16/h10-13,15-16,26H,2-9,14H2,1H3,(H,27,30)/b28-24-. The van der Waals surface area contributed by atoms with Gasteiger partial charge in [0.25, 0.3) is 5.91 Å². The molecule has 1 aliphatic carbocycles. The van der Waals surface area contributed by atoms with E-state index in [1.165, 1.54) is 24.5 Å². The lowest BCUT2D eigenvalue weighted by atomic mass is 9.99. The predicted molar refractivity (Wildman–Crippen MR) is 132 cm³/mol. The van der Waals surface area contributed by atoms with Gasteiger partial charge in [-0.2, -0.15) is 4.99 Å². The number of rotatable bonds is 7. The van der Waals surface area contributed by atoms with Crippen LogP contribution in [0, 0.1) is 11.8 Å². The van der Waals surface area contributed by atoms with Gasteiger partial charge in [0.2, 0.25) is 5.91 Å². The highest BCUT2D eigenvalue weighted by Crippen LogP contribution is 2.33. The van der Waals surface area contributed by atoms with Crippen LogP contribution in [0.2, 0.25) is 5.02 Å². The summed E-state index contributed by atoms with van der Waals surface area (Å²) in [5, 5.41) is 8.06. The second-order valence-electron chi connectivity index (χ2n) is 8.69. The molecule has 0 spiro atoms. The fraction of sp³-hybridized carbons (Fsp3) is 0.500. The molecule has 2 aromatic rings. The summed E-state index contributed by atoms with van der Waals surface area (Å²) in [6.07, 6.45) is 7.03. The molecule has 2 amide bonds. The summed E-state index contributed by atoms with van der Waals surface area (Å²) in [6.45, 7) is 1.57. The molecule has 2 heterocycles. The highest BCUT2D eigenvalue weighted by molar-refractivity contribution is 7.07. The van der Waals surface area contributed by atoms with Crippen molar-refractivity contribution in [2.24, 2.45) is 16.8 Å². The highest BCUT2D eigenvalue weighted by atomic mass is 35.5. The molecule has 11 heteroatoms. The van der Waals surface area contributed by atoms with Gasteiger partial charge in [-0.25, -0.2) is 0 Å². The van der Waals surface area contributed by atoms with E-state index < -0.39 is 5.91 Å². The summed E-state index contributed by atoms with van der Waals surface area (Å²) in [5.41, 5.74) is 0.566. The minimum atomic E-state index is -0.557. The highest BCUT2D eigenvalue weighted by Gasteiger charge is 2.25. The van der Waals surface area contributed by atoms with E-state index in [9.17, 15) is 14.4 Å². The van der Waals surface area contributed by atoms with Gasteiger partial charge in [0, 0.05) is 23.6 Å². The van der Waals surface area contributed by atoms with Crippen molar-refractivity contribution >= 4 is 46.4 Å². The molecule has 2 fully saturated rings. The second kappa shape index (κ2) is 11.8. The van der Waals surface area contributed by atoms with E-state index in [2.05, 4.69) is 15.6 Å². The van der Waals surface area contributed by atoms with Gasteiger partial charge < -0.3 is 20.1 Å². The quantitative estimate of drug-likeness (QED) is 0.540. The van der Waals surface area contributed by atoms with Crippen molar-refractivity contribution in [3.05, 3.63) is 39.1 Å². The number of hydrogen-bond donors (Lipinski definition) is 2. The first kappa shape index (κ1) is 25.4. The van der Waals surface area contributed by atoms with Crippen molar-refractivity contribution in [2.75, 3.05) is 25.5 Å². The number of anilines is 1. The minimum absolute atomic E-state index is 0.0217. The van der Waals surface area contributed by atoms with E-state index in [0.29, 0.717) is 10.5 Å². The zero-order valence-corrected chi connectivity index (χ0v) is 21.1. The Morgan fingerprint density at radius 1 is 1.17 bits per heavy atom. The lowest BCUT2D eigenvalue weighted by Gasteiger charge is -2.20.